The Kier molecular flexibility index (Phi) is 8.66. The summed E-state index contributed by atoms with van der Waals surface area (Å²) in [6.45, 7) is 6.88. The number of aryl methyl sites for hydroxylation is 2. The van der Waals surface area contributed by atoms with Crippen LogP contribution in [0.4, 0.5) is 11.4 Å². The van der Waals surface area contributed by atoms with Crippen LogP contribution in [-0.2, 0) is 19.1 Å². The molecule has 3 amide bonds. The highest BCUT2D eigenvalue weighted by atomic mass is 16.5. The number of amides is 3. The van der Waals surface area contributed by atoms with Crippen molar-refractivity contribution >= 4 is 29.1 Å². The van der Waals surface area contributed by atoms with Crippen LogP contribution in [0.15, 0.2) is 42.5 Å². The number of aliphatic hydroxyl groups is 1. The van der Waals surface area contributed by atoms with Crippen LogP contribution in [0.2, 0.25) is 0 Å². The normalized spacial score (nSPS) is 26.2. The molecule has 0 saturated carbocycles. The second kappa shape index (κ2) is 12.2. The van der Waals surface area contributed by atoms with Crippen molar-refractivity contribution < 1.29 is 29.0 Å². The zero-order valence-corrected chi connectivity index (χ0v) is 24.2. The van der Waals surface area contributed by atoms with E-state index in [0.717, 1.165) is 29.7 Å². The van der Waals surface area contributed by atoms with Crippen LogP contribution in [-0.4, -0.2) is 65.2 Å². The average molecular weight is 564 g/mol. The molecule has 3 fully saturated rings. The van der Waals surface area contributed by atoms with E-state index in [9.17, 15) is 14.4 Å². The van der Waals surface area contributed by atoms with E-state index in [1.54, 1.807) is 29.2 Å². The Hall–Kier alpha value is -3.43. The lowest BCUT2D eigenvalue weighted by Gasteiger charge is -2.33. The lowest BCUT2D eigenvalue weighted by atomic mass is 9.70. The van der Waals surface area contributed by atoms with Crippen molar-refractivity contribution in [3.8, 4) is 5.75 Å². The molecule has 3 aliphatic heterocycles. The Balaban J connectivity index is 1.41. The lowest BCUT2D eigenvalue weighted by Crippen LogP contribution is -2.53. The molecule has 5 rings (SSSR count). The molecule has 3 N–H and O–H groups in total. The van der Waals surface area contributed by atoms with Gasteiger partial charge in [-0.1, -0.05) is 31.0 Å². The van der Waals surface area contributed by atoms with Crippen LogP contribution in [0.5, 0.6) is 5.75 Å². The van der Waals surface area contributed by atoms with Crippen LogP contribution in [0.3, 0.4) is 0 Å². The molecule has 41 heavy (non-hydrogen) atoms. The molecule has 0 aliphatic carbocycles. The SMILES string of the molecule is CCOc1ccc(NC(=O)[C@@H]2[C@@H]3CCC4(O3)C(C(=O)Nc3c(C)cccc3C)N(CCCCCCO)C(=O)[C@H]24)cc1. The van der Waals surface area contributed by atoms with Crippen LogP contribution in [0, 0.1) is 25.7 Å². The summed E-state index contributed by atoms with van der Waals surface area (Å²) in [4.78, 5) is 43.5. The van der Waals surface area contributed by atoms with Crippen molar-refractivity contribution in [3.63, 3.8) is 0 Å². The van der Waals surface area contributed by atoms with E-state index >= 15 is 0 Å². The summed E-state index contributed by atoms with van der Waals surface area (Å²) in [5.41, 5.74) is 2.19. The summed E-state index contributed by atoms with van der Waals surface area (Å²) >= 11 is 0. The number of benzene rings is 2. The largest absolute Gasteiger partial charge is 0.494 e. The minimum Gasteiger partial charge on any atom is -0.494 e. The number of para-hydroxylation sites is 1. The number of fused-ring (bicyclic) bond motifs is 1. The molecule has 2 unspecified atom stereocenters. The van der Waals surface area contributed by atoms with Crippen molar-refractivity contribution in [1.29, 1.82) is 0 Å². The summed E-state index contributed by atoms with van der Waals surface area (Å²) in [5.74, 6) is -1.43. The first kappa shape index (κ1) is 29.1. The molecule has 9 heteroatoms. The molecular weight excluding hydrogens is 522 g/mol. The monoisotopic (exact) mass is 563 g/mol. The van der Waals surface area contributed by atoms with Crippen molar-refractivity contribution in [3.05, 3.63) is 53.6 Å². The molecule has 2 aromatic carbocycles. The summed E-state index contributed by atoms with van der Waals surface area (Å²) in [6.07, 6.45) is 3.82. The number of likely N-dealkylation sites (tertiary alicyclic amines) is 1. The maximum Gasteiger partial charge on any atom is 0.250 e. The predicted molar refractivity (Wildman–Crippen MR) is 156 cm³/mol. The summed E-state index contributed by atoms with van der Waals surface area (Å²) in [7, 11) is 0. The second-order valence-electron chi connectivity index (χ2n) is 11.4. The number of nitrogens with one attached hydrogen (secondary N) is 2. The van der Waals surface area contributed by atoms with Gasteiger partial charge in [0.15, 0.2) is 0 Å². The predicted octanol–water partition coefficient (Wildman–Crippen LogP) is 4.21. The third-order valence-electron chi connectivity index (χ3n) is 8.82. The van der Waals surface area contributed by atoms with E-state index in [0.29, 0.717) is 50.3 Å². The van der Waals surface area contributed by atoms with Gasteiger partial charge < -0.3 is 30.1 Å². The fraction of sp³-hybridized carbons (Fsp3) is 0.531. The van der Waals surface area contributed by atoms with Gasteiger partial charge in [0.1, 0.15) is 17.4 Å². The molecule has 3 heterocycles. The van der Waals surface area contributed by atoms with Crippen molar-refractivity contribution in [1.82, 2.24) is 4.90 Å². The Morgan fingerprint density at radius 2 is 1.73 bits per heavy atom. The number of rotatable bonds is 12. The van der Waals surface area contributed by atoms with Gasteiger partial charge in [0.25, 0.3) is 0 Å². The molecule has 0 radical (unpaired) electrons. The average Bonchev–Trinajstić information content (AvgIpc) is 3.59. The Morgan fingerprint density at radius 1 is 1.02 bits per heavy atom. The molecule has 5 atom stereocenters. The van der Waals surface area contributed by atoms with E-state index in [2.05, 4.69) is 10.6 Å². The number of carbonyl (C=O) groups excluding carboxylic acids is 3. The van der Waals surface area contributed by atoms with Gasteiger partial charge in [0.2, 0.25) is 17.7 Å². The van der Waals surface area contributed by atoms with Gasteiger partial charge in [-0.25, -0.2) is 0 Å². The number of unbranched alkanes of at least 4 members (excludes halogenated alkanes) is 3. The Bertz CT molecular complexity index is 1260. The van der Waals surface area contributed by atoms with E-state index in [1.807, 2.05) is 39.0 Å². The zero-order chi connectivity index (χ0) is 29.1. The fourth-order valence-electron chi connectivity index (χ4n) is 6.97. The van der Waals surface area contributed by atoms with Crippen molar-refractivity contribution in [2.45, 2.75) is 77.0 Å². The third kappa shape index (κ3) is 5.45. The highest BCUT2D eigenvalue weighted by Crippen LogP contribution is 2.58. The Morgan fingerprint density at radius 3 is 2.41 bits per heavy atom. The molecule has 0 aromatic heterocycles. The van der Waals surface area contributed by atoms with E-state index < -0.39 is 29.6 Å². The fourth-order valence-corrected chi connectivity index (χ4v) is 6.97. The number of anilines is 2. The van der Waals surface area contributed by atoms with Crippen LogP contribution < -0.4 is 15.4 Å². The number of hydrogen-bond acceptors (Lipinski definition) is 6. The van der Waals surface area contributed by atoms with Crippen LogP contribution in [0.1, 0.15) is 56.6 Å². The number of nitrogens with zero attached hydrogens (tertiary/aromatic N) is 1. The highest BCUT2D eigenvalue weighted by molar-refractivity contribution is 6.05. The molecule has 9 nitrogen and oxygen atoms in total. The molecule has 220 valence electrons. The molecular formula is C32H41N3O6. The molecule has 2 bridgehead atoms. The molecule has 3 saturated heterocycles. The Labute approximate surface area is 241 Å². The van der Waals surface area contributed by atoms with Gasteiger partial charge >= 0.3 is 0 Å². The van der Waals surface area contributed by atoms with Crippen LogP contribution in [0.25, 0.3) is 0 Å². The van der Waals surface area contributed by atoms with Crippen molar-refractivity contribution in [2.24, 2.45) is 11.8 Å². The van der Waals surface area contributed by atoms with Gasteiger partial charge in [0.05, 0.1) is 24.5 Å². The first-order chi connectivity index (χ1) is 19.8. The van der Waals surface area contributed by atoms with E-state index in [-0.39, 0.29) is 24.3 Å². The van der Waals surface area contributed by atoms with Gasteiger partial charge in [-0.15, -0.1) is 0 Å². The van der Waals surface area contributed by atoms with Crippen LogP contribution >= 0.6 is 0 Å². The molecule has 1 spiro atoms. The first-order valence-electron chi connectivity index (χ1n) is 14.8. The third-order valence-corrected chi connectivity index (χ3v) is 8.82. The summed E-state index contributed by atoms with van der Waals surface area (Å²) in [5, 5.41) is 15.2. The molecule has 3 aliphatic rings. The standard InChI is InChI=1S/C32H41N3O6/c1-4-40-23-14-12-22(13-15-23)33-29(37)25-24-16-17-32(41-24)26(25)31(39)35(18-7-5-6-8-19-36)28(32)30(38)34-27-20(2)10-9-11-21(27)3/h9-15,24-26,28,36H,4-8,16-19H2,1-3H3,(H,33,37)(H,34,38)/t24-,25+,26-,28?,32?/m0/s1. The number of carbonyl (C=O) groups is 3. The number of ether oxygens (including phenoxy) is 2. The first-order valence-corrected chi connectivity index (χ1v) is 14.8. The van der Waals surface area contributed by atoms with Crippen molar-refractivity contribution in [2.75, 3.05) is 30.4 Å². The maximum atomic E-state index is 14.1. The lowest BCUT2D eigenvalue weighted by molar-refractivity contribution is -0.139. The van der Waals surface area contributed by atoms with E-state index in [4.69, 9.17) is 14.6 Å². The zero-order valence-electron chi connectivity index (χ0n) is 24.2. The van der Waals surface area contributed by atoms with Gasteiger partial charge in [0, 0.05) is 24.5 Å². The van der Waals surface area contributed by atoms with Gasteiger partial charge in [-0.05, 0) is 81.8 Å². The quantitative estimate of drug-likeness (QED) is 0.333. The minimum absolute atomic E-state index is 0.134. The number of hydrogen-bond donors (Lipinski definition) is 3. The minimum atomic E-state index is -1.05. The van der Waals surface area contributed by atoms with Gasteiger partial charge in [-0.2, -0.15) is 0 Å². The smallest absolute Gasteiger partial charge is 0.250 e. The van der Waals surface area contributed by atoms with Gasteiger partial charge in [-0.3, -0.25) is 14.4 Å². The maximum absolute atomic E-state index is 14.1. The molecule has 2 aromatic rings. The second-order valence-corrected chi connectivity index (χ2v) is 11.4. The van der Waals surface area contributed by atoms with E-state index in [1.165, 1.54) is 0 Å². The number of aliphatic hydroxyl groups excluding tert-OH is 1. The summed E-state index contributed by atoms with van der Waals surface area (Å²) < 4.78 is 12.0. The topological polar surface area (TPSA) is 117 Å². The summed E-state index contributed by atoms with van der Waals surface area (Å²) in [6, 6.07) is 12.2. The highest BCUT2D eigenvalue weighted by Gasteiger charge is 2.74.